The summed E-state index contributed by atoms with van der Waals surface area (Å²) in [4.78, 5) is 25.9. The number of pyridine rings is 2. The van der Waals surface area contributed by atoms with Crippen molar-refractivity contribution < 1.29 is 0 Å². The molecule has 0 unspecified atom stereocenters. The molecule has 2 aliphatic rings. The molecule has 34 heavy (non-hydrogen) atoms. The zero-order chi connectivity index (χ0) is 22.9. The molecule has 0 amide bonds. The summed E-state index contributed by atoms with van der Waals surface area (Å²) in [5.41, 5.74) is 2.44. The molecular formula is C23H24N10O. The first-order valence-electron chi connectivity index (χ1n) is 11.5. The summed E-state index contributed by atoms with van der Waals surface area (Å²) >= 11 is 0. The standard InChI is InChI=1S/C23H24N10O/c34-21-8-3-15(22-29-31-32-30-22)13-33(21)19-6-7-20(24-12-19)27-17-4-5-18(9-17)28-23-25-10-16(11-26-23)14-1-2-14/h3,6-8,10-14,17-18H,1-2,4-5,9H2,(H,24,27)(H,25,26,28)(H,29,30,31,32)/t17-,18-/m0/s1. The lowest BCUT2D eigenvalue weighted by molar-refractivity contribution is 0.716. The summed E-state index contributed by atoms with van der Waals surface area (Å²) in [6.07, 6.45) is 12.8. The molecule has 0 spiro atoms. The van der Waals surface area contributed by atoms with E-state index in [2.05, 4.69) is 46.2 Å². The highest BCUT2D eigenvalue weighted by atomic mass is 16.1. The summed E-state index contributed by atoms with van der Waals surface area (Å²) in [7, 11) is 0. The van der Waals surface area contributed by atoms with Crippen LogP contribution in [0.1, 0.15) is 43.6 Å². The van der Waals surface area contributed by atoms with Crippen LogP contribution < -0.4 is 16.2 Å². The Labute approximate surface area is 195 Å². The lowest BCUT2D eigenvalue weighted by Gasteiger charge is -2.15. The molecule has 11 nitrogen and oxygen atoms in total. The molecule has 6 rings (SSSR count). The Morgan fingerprint density at radius 2 is 1.74 bits per heavy atom. The summed E-state index contributed by atoms with van der Waals surface area (Å²) < 4.78 is 1.52. The second-order valence-electron chi connectivity index (χ2n) is 8.87. The molecule has 0 aliphatic heterocycles. The Balaban J connectivity index is 1.08. The first-order valence-corrected chi connectivity index (χ1v) is 11.5. The number of H-pyrrole nitrogens is 1. The molecule has 172 valence electrons. The topological polar surface area (TPSA) is 139 Å². The molecule has 2 atom stereocenters. The van der Waals surface area contributed by atoms with Gasteiger partial charge in [0.1, 0.15) is 5.82 Å². The van der Waals surface area contributed by atoms with E-state index in [0.29, 0.717) is 41.0 Å². The third kappa shape index (κ3) is 4.36. The van der Waals surface area contributed by atoms with Crippen molar-refractivity contribution in [3.05, 3.63) is 65.0 Å². The van der Waals surface area contributed by atoms with Crippen molar-refractivity contribution in [2.24, 2.45) is 0 Å². The van der Waals surface area contributed by atoms with Gasteiger partial charge in [-0.2, -0.15) is 5.21 Å². The highest BCUT2D eigenvalue weighted by molar-refractivity contribution is 5.53. The lowest BCUT2D eigenvalue weighted by atomic mass is 10.2. The zero-order valence-electron chi connectivity index (χ0n) is 18.4. The Bertz CT molecular complexity index is 1310. The Morgan fingerprint density at radius 3 is 2.44 bits per heavy atom. The van der Waals surface area contributed by atoms with Gasteiger partial charge in [-0.1, -0.05) is 0 Å². The van der Waals surface area contributed by atoms with E-state index in [1.165, 1.54) is 29.0 Å². The highest BCUT2D eigenvalue weighted by Crippen LogP contribution is 2.39. The monoisotopic (exact) mass is 456 g/mol. The molecule has 4 heterocycles. The van der Waals surface area contributed by atoms with Crippen LogP contribution in [0.4, 0.5) is 11.8 Å². The maximum absolute atomic E-state index is 12.4. The van der Waals surface area contributed by atoms with E-state index in [1.54, 1.807) is 18.5 Å². The van der Waals surface area contributed by atoms with Gasteiger partial charge in [-0.15, -0.1) is 10.2 Å². The number of nitrogens with one attached hydrogen (secondary N) is 3. The van der Waals surface area contributed by atoms with Crippen LogP contribution in [0.2, 0.25) is 0 Å². The SMILES string of the molecule is O=c1ccc(-c2nn[nH]n2)cn1-c1ccc(N[C@H]2CC[C@H](Nc3ncc(C4CC4)cn3)C2)nc1. The van der Waals surface area contributed by atoms with Crippen molar-refractivity contribution in [3.8, 4) is 17.1 Å². The predicted octanol–water partition coefficient (Wildman–Crippen LogP) is 2.53. The van der Waals surface area contributed by atoms with Crippen LogP contribution in [0.15, 0.2) is 53.8 Å². The fourth-order valence-electron chi connectivity index (χ4n) is 4.39. The van der Waals surface area contributed by atoms with Crippen LogP contribution >= 0.6 is 0 Å². The van der Waals surface area contributed by atoms with Crippen LogP contribution in [-0.2, 0) is 0 Å². The Morgan fingerprint density at radius 1 is 0.912 bits per heavy atom. The van der Waals surface area contributed by atoms with Crippen molar-refractivity contribution in [1.82, 2.24) is 40.1 Å². The second kappa shape index (κ2) is 8.65. The normalized spacial score (nSPS) is 19.8. The van der Waals surface area contributed by atoms with Gasteiger partial charge < -0.3 is 10.6 Å². The fourth-order valence-corrected chi connectivity index (χ4v) is 4.39. The van der Waals surface area contributed by atoms with E-state index in [9.17, 15) is 4.79 Å². The number of hydrogen-bond acceptors (Lipinski definition) is 9. The summed E-state index contributed by atoms with van der Waals surface area (Å²) in [6, 6.07) is 7.55. The molecule has 2 aliphatic carbocycles. The van der Waals surface area contributed by atoms with Crippen molar-refractivity contribution in [2.45, 2.75) is 50.1 Å². The number of nitrogens with zero attached hydrogens (tertiary/aromatic N) is 7. The first kappa shape index (κ1) is 20.5. The van der Waals surface area contributed by atoms with Crippen LogP contribution in [0, 0.1) is 0 Å². The Kier molecular flexibility index (Phi) is 5.21. The van der Waals surface area contributed by atoms with Gasteiger partial charge in [0, 0.05) is 42.3 Å². The van der Waals surface area contributed by atoms with Gasteiger partial charge in [0.15, 0.2) is 0 Å². The van der Waals surface area contributed by atoms with Gasteiger partial charge in [0.25, 0.3) is 5.56 Å². The van der Waals surface area contributed by atoms with E-state index in [0.717, 1.165) is 25.1 Å². The number of hydrogen-bond donors (Lipinski definition) is 3. The van der Waals surface area contributed by atoms with Gasteiger partial charge in [-0.25, -0.2) is 15.0 Å². The maximum Gasteiger partial charge on any atom is 0.255 e. The quantitative estimate of drug-likeness (QED) is 0.383. The third-order valence-electron chi connectivity index (χ3n) is 6.38. The van der Waals surface area contributed by atoms with E-state index >= 15 is 0 Å². The minimum atomic E-state index is -0.160. The van der Waals surface area contributed by atoms with Crippen LogP contribution in [0.25, 0.3) is 17.1 Å². The number of aromatic nitrogens is 8. The summed E-state index contributed by atoms with van der Waals surface area (Å²) in [6.45, 7) is 0. The summed E-state index contributed by atoms with van der Waals surface area (Å²) in [5.74, 6) is 2.57. The van der Waals surface area contributed by atoms with Crippen molar-refractivity contribution >= 4 is 11.8 Å². The molecular weight excluding hydrogens is 432 g/mol. The minimum Gasteiger partial charge on any atom is -0.367 e. The number of rotatable bonds is 7. The van der Waals surface area contributed by atoms with E-state index in [4.69, 9.17) is 0 Å². The van der Waals surface area contributed by atoms with Crippen LogP contribution in [0.3, 0.4) is 0 Å². The van der Waals surface area contributed by atoms with Crippen LogP contribution in [-0.4, -0.2) is 52.2 Å². The third-order valence-corrected chi connectivity index (χ3v) is 6.38. The van der Waals surface area contributed by atoms with Gasteiger partial charge in [-0.05, 0) is 67.0 Å². The predicted molar refractivity (Wildman–Crippen MR) is 126 cm³/mol. The van der Waals surface area contributed by atoms with E-state index in [1.807, 2.05) is 24.5 Å². The number of anilines is 2. The van der Waals surface area contributed by atoms with Crippen LogP contribution in [0.5, 0.6) is 0 Å². The second-order valence-corrected chi connectivity index (χ2v) is 8.87. The molecule has 0 saturated heterocycles. The average Bonchev–Trinajstić information content (AvgIpc) is 3.38. The molecule has 3 N–H and O–H groups in total. The molecule has 2 fully saturated rings. The zero-order valence-corrected chi connectivity index (χ0v) is 18.4. The molecule has 0 radical (unpaired) electrons. The van der Waals surface area contributed by atoms with E-state index < -0.39 is 0 Å². The average molecular weight is 457 g/mol. The molecule has 2 saturated carbocycles. The van der Waals surface area contributed by atoms with E-state index in [-0.39, 0.29) is 5.56 Å². The summed E-state index contributed by atoms with van der Waals surface area (Å²) in [5, 5.41) is 20.9. The molecule has 0 aromatic carbocycles. The Hall–Kier alpha value is -4.15. The first-order chi connectivity index (χ1) is 16.7. The maximum atomic E-state index is 12.4. The highest BCUT2D eigenvalue weighted by Gasteiger charge is 2.26. The minimum absolute atomic E-state index is 0.160. The van der Waals surface area contributed by atoms with Gasteiger partial charge in [0.2, 0.25) is 11.8 Å². The lowest BCUT2D eigenvalue weighted by Crippen LogP contribution is -2.22. The smallest absolute Gasteiger partial charge is 0.255 e. The van der Waals surface area contributed by atoms with Crippen molar-refractivity contribution in [1.29, 1.82) is 0 Å². The largest absolute Gasteiger partial charge is 0.367 e. The van der Waals surface area contributed by atoms with Crippen molar-refractivity contribution in [2.75, 3.05) is 10.6 Å². The molecule has 0 bridgehead atoms. The van der Waals surface area contributed by atoms with Gasteiger partial charge in [-0.3, -0.25) is 9.36 Å². The van der Waals surface area contributed by atoms with Crippen molar-refractivity contribution in [3.63, 3.8) is 0 Å². The van der Waals surface area contributed by atoms with Gasteiger partial charge in [0.05, 0.1) is 11.9 Å². The number of aromatic amines is 1. The van der Waals surface area contributed by atoms with Gasteiger partial charge >= 0.3 is 0 Å². The molecule has 11 heteroatoms. The molecule has 4 aromatic rings. The molecule has 4 aromatic heterocycles. The fraction of sp³-hybridized carbons (Fsp3) is 0.348. The number of tetrazole rings is 1.